The zero-order valence-electron chi connectivity index (χ0n) is 10.3. The summed E-state index contributed by atoms with van der Waals surface area (Å²) in [5.41, 5.74) is 6.22. The van der Waals surface area contributed by atoms with Crippen molar-refractivity contribution < 1.29 is 9.18 Å². The topological polar surface area (TPSA) is 72.9 Å². The zero-order chi connectivity index (χ0) is 13.8. The Kier molecular flexibility index (Phi) is 4.06. The molecular formula is C12H13FN4OS. The number of halogens is 1. The van der Waals surface area contributed by atoms with Gasteiger partial charge in [0.15, 0.2) is 5.16 Å². The van der Waals surface area contributed by atoms with Crippen LogP contribution in [0, 0.1) is 5.82 Å². The summed E-state index contributed by atoms with van der Waals surface area (Å²) in [6.07, 6.45) is 3.47. The number of carbonyl (C=O) groups is 1. The largest absolute Gasteiger partial charge is 0.397 e. The molecule has 0 aliphatic heterocycles. The van der Waals surface area contributed by atoms with Gasteiger partial charge in [-0.2, -0.15) is 0 Å². The van der Waals surface area contributed by atoms with Crippen molar-refractivity contribution >= 4 is 29.0 Å². The Bertz CT molecular complexity index is 599. The van der Waals surface area contributed by atoms with Crippen LogP contribution in [0.15, 0.2) is 35.7 Å². The lowest BCUT2D eigenvalue weighted by Crippen LogP contribution is -2.15. The van der Waals surface area contributed by atoms with Crippen LogP contribution in [0.5, 0.6) is 0 Å². The quantitative estimate of drug-likeness (QED) is 0.662. The number of aryl methyl sites for hydroxylation is 1. The van der Waals surface area contributed by atoms with E-state index in [1.54, 1.807) is 12.4 Å². The average Bonchev–Trinajstić information content (AvgIpc) is 2.76. The van der Waals surface area contributed by atoms with Crippen molar-refractivity contribution in [2.75, 3.05) is 16.8 Å². The third kappa shape index (κ3) is 3.47. The molecule has 2 aromatic rings. The number of nitrogens with zero attached hydrogens (tertiary/aromatic N) is 2. The second-order valence-electron chi connectivity index (χ2n) is 3.89. The molecule has 0 spiro atoms. The number of amides is 1. The molecule has 2 rings (SSSR count). The van der Waals surface area contributed by atoms with E-state index in [9.17, 15) is 9.18 Å². The number of benzene rings is 1. The van der Waals surface area contributed by atoms with E-state index < -0.39 is 5.82 Å². The maximum absolute atomic E-state index is 12.9. The summed E-state index contributed by atoms with van der Waals surface area (Å²) in [6, 6.07) is 3.85. The Labute approximate surface area is 114 Å². The van der Waals surface area contributed by atoms with Gasteiger partial charge in [-0.15, -0.1) is 0 Å². The summed E-state index contributed by atoms with van der Waals surface area (Å²) in [6.45, 7) is 0. The van der Waals surface area contributed by atoms with Gasteiger partial charge in [0.25, 0.3) is 0 Å². The Hall–Kier alpha value is -2.02. The standard InChI is InChI=1S/C12H13FN4OS/c1-17-5-4-15-12(17)19-7-11(18)16-10-3-2-8(13)6-9(10)14/h2-6H,7,14H2,1H3,(H,16,18). The van der Waals surface area contributed by atoms with E-state index in [2.05, 4.69) is 10.3 Å². The number of hydrogen-bond donors (Lipinski definition) is 2. The van der Waals surface area contributed by atoms with Crippen LogP contribution in [0.3, 0.4) is 0 Å². The van der Waals surface area contributed by atoms with Crippen LogP contribution in [0.4, 0.5) is 15.8 Å². The highest BCUT2D eigenvalue weighted by Gasteiger charge is 2.08. The van der Waals surface area contributed by atoms with Gasteiger partial charge >= 0.3 is 0 Å². The van der Waals surface area contributed by atoms with Crippen molar-refractivity contribution in [3.05, 3.63) is 36.4 Å². The Morgan fingerprint density at radius 1 is 1.58 bits per heavy atom. The first-order chi connectivity index (χ1) is 9.06. The number of nitrogens with one attached hydrogen (secondary N) is 1. The normalized spacial score (nSPS) is 10.4. The van der Waals surface area contributed by atoms with Gasteiger partial charge in [0.05, 0.1) is 17.1 Å². The molecule has 0 fully saturated rings. The van der Waals surface area contributed by atoms with Crippen LogP contribution in [0.25, 0.3) is 0 Å². The van der Waals surface area contributed by atoms with Crippen molar-refractivity contribution in [2.24, 2.45) is 7.05 Å². The van der Waals surface area contributed by atoms with E-state index >= 15 is 0 Å². The third-order valence-corrected chi connectivity index (χ3v) is 3.46. The highest BCUT2D eigenvalue weighted by Crippen LogP contribution is 2.20. The fraction of sp³-hybridized carbons (Fsp3) is 0.167. The number of nitrogen functional groups attached to an aromatic ring is 1. The predicted molar refractivity (Wildman–Crippen MR) is 73.4 cm³/mol. The maximum Gasteiger partial charge on any atom is 0.234 e. The molecule has 1 amide bonds. The first kappa shape index (κ1) is 13.4. The van der Waals surface area contributed by atoms with Crippen LogP contribution in [0.2, 0.25) is 0 Å². The van der Waals surface area contributed by atoms with Crippen LogP contribution in [-0.4, -0.2) is 21.2 Å². The number of anilines is 2. The molecule has 0 bridgehead atoms. The lowest BCUT2D eigenvalue weighted by molar-refractivity contribution is -0.113. The highest BCUT2D eigenvalue weighted by atomic mass is 32.2. The fourth-order valence-corrected chi connectivity index (χ4v) is 2.19. The predicted octanol–water partition coefficient (Wildman–Crippen LogP) is 1.87. The molecule has 7 heteroatoms. The summed E-state index contributed by atoms with van der Waals surface area (Å²) >= 11 is 1.31. The summed E-state index contributed by atoms with van der Waals surface area (Å²) in [5, 5.41) is 3.38. The number of nitrogens with two attached hydrogens (primary N) is 1. The molecule has 100 valence electrons. The first-order valence-corrected chi connectivity index (χ1v) is 6.50. The van der Waals surface area contributed by atoms with E-state index in [4.69, 9.17) is 5.73 Å². The van der Waals surface area contributed by atoms with Gasteiger partial charge < -0.3 is 15.6 Å². The van der Waals surface area contributed by atoms with Crippen LogP contribution in [-0.2, 0) is 11.8 Å². The smallest absolute Gasteiger partial charge is 0.234 e. The van der Waals surface area contributed by atoms with E-state index in [-0.39, 0.29) is 17.3 Å². The molecule has 0 aliphatic rings. The minimum absolute atomic E-state index is 0.204. The summed E-state index contributed by atoms with van der Waals surface area (Å²) in [4.78, 5) is 15.8. The minimum atomic E-state index is -0.433. The van der Waals surface area contributed by atoms with Gasteiger partial charge in [0.2, 0.25) is 5.91 Å². The minimum Gasteiger partial charge on any atom is -0.397 e. The molecule has 0 unspecified atom stereocenters. The number of carbonyl (C=O) groups excluding carboxylic acids is 1. The van der Waals surface area contributed by atoms with Gasteiger partial charge in [-0.1, -0.05) is 11.8 Å². The number of thioether (sulfide) groups is 1. The number of rotatable bonds is 4. The summed E-state index contributed by atoms with van der Waals surface area (Å²) in [5.74, 6) is -0.439. The highest BCUT2D eigenvalue weighted by molar-refractivity contribution is 7.99. The lowest BCUT2D eigenvalue weighted by Gasteiger charge is -2.07. The van der Waals surface area contributed by atoms with Crippen LogP contribution in [0.1, 0.15) is 0 Å². The zero-order valence-corrected chi connectivity index (χ0v) is 11.1. The van der Waals surface area contributed by atoms with E-state index in [0.29, 0.717) is 5.69 Å². The van der Waals surface area contributed by atoms with Crippen molar-refractivity contribution in [1.82, 2.24) is 9.55 Å². The molecular weight excluding hydrogens is 267 g/mol. The molecule has 3 N–H and O–H groups in total. The van der Waals surface area contributed by atoms with E-state index in [1.807, 2.05) is 11.6 Å². The first-order valence-electron chi connectivity index (χ1n) is 5.51. The van der Waals surface area contributed by atoms with Crippen molar-refractivity contribution in [3.63, 3.8) is 0 Å². The van der Waals surface area contributed by atoms with Crippen LogP contribution >= 0.6 is 11.8 Å². The second-order valence-corrected chi connectivity index (χ2v) is 4.83. The third-order valence-electron chi connectivity index (χ3n) is 2.40. The fourth-order valence-electron chi connectivity index (χ4n) is 1.45. The number of aromatic nitrogens is 2. The van der Waals surface area contributed by atoms with Gasteiger partial charge in [-0.05, 0) is 18.2 Å². The van der Waals surface area contributed by atoms with E-state index in [0.717, 1.165) is 5.16 Å². The molecule has 1 aromatic heterocycles. The van der Waals surface area contributed by atoms with Crippen LogP contribution < -0.4 is 11.1 Å². The Balaban J connectivity index is 1.93. The molecule has 0 radical (unpaired) electrons. The van der Waals surface area contributed by atoms with Crippen molar-refractivity contribution in [2.45, 2.75) is 5.16 Å². The van der Waals surface area contributed by atoms with Gasteiger partial charge in [0.1, 0.15) is 5.82 Å². The SMILES string of the molecule is Cn1ccnc1SCC(=O)Nc1ccc(F)cc1N. The molecule has 19 heavy (non-hydrogen) atoms. The molecule has 0 saturated heterocycles. The van der Waals surface area contributed by atoms with Crippen molar-refractivity contribution in [1.29, 1.82) is 0 Å². The number of hydrogen-bond acceptors (Lipinski definition) is 4. The molecule has 0 saturated carbocycles. The number of imidazole rings is 1. The van der Waals surface area contributed by atoms with Crippen molar-refractivity contribution in [3.8, 4) is 0 Å². The molecule has 1 aromatic carbocycles. The van der Waals surface area contributed by atoms with Gasteiger partial charge in [-0.25, -0.2) is 9.37 Å². The molecule has 5 nitrogen and oxygen atoms in total. The Morgan fingerprint density at radius 2 is 2.37 bits per heavy atom. The van der Waals surface area contributed by atoms with E-state index in [1.165, 1.54) is 30.0 Å². The summed E-state index contributed by atoms with van der Waals surface area (Å²) < 4.78 is 14.7. The molecule has 0 atom stereocenters. The van der Waals surface area contributed by atoms with Gasteiger partial charge in [-0.3, -0.25) is 4.79 Å². The summed E-state index contributed by atoms with van der Waals surface area (Å²) in [7, 11) is 1.85. The lowest BCUT2D eigenvalue weighted by atomic mass is 10.2. The monoisotopic (exact) mass is 280 g/mol. The Morgan fingerprint density at radius 3 is 3.00 bits per heavy atom. The second kappa shape index (κ2) is 5.75. The molecule has 1 heterocycles. The molecule has 0 aliphatic carbocycles. The average molecular weight is 280 g/mol. The maximum atomic E-state index is 12.9. The van der Waals surface area contributed by atoms with Gasteiger partial charge in [0, 0.05) is 19.4 Å².